The van der Waals surface area contributed by atoms with E-state index in [0.717, 1.165) is 35.1 Å². The predicted octanol–water partition coefficient (Wildman–Crippen LogP) is 4.31. The standard InChI is InChI=1S/C21H13ClF3N5O2/c22-12-1-4-14(5-2-12)32-15-6-8-18(26-10-15)21(24,25)20(31)11-30-19(27-28-29-30)16-9-13(23)3-7-17(16)20/h1-10,31H,11H2. The lowest BCUT2D eigenvalue weighted by Crippen LogP contribution is -2.49. The molecule has 7 nitrogen and oxygen atoms in total. The van der Waals surface area contributed by atoms with Crippen LogP contribution in [0.15, 0.2) is 60.8 Å². The monoisotopic (exact) mass is 459 g/mol. The van der Waals surface area contributed by atoms with E-state index in [0.29, 0.717) is 10.8 Å². The Hall–Kier alpha value is -3.50. The van der Waals surface area contributed by atoms with E-state index in [9.17, 15) is 9.50 Å². The molecule has 0 spiro atoms. The number of alkyl halides is 2. The van der Waals surface area contributed by atoms with E-state index in [1.807, 2.05) is 0 Å². The molecule has 0 bridgehead atoms. The van der Waals surface area contributed by atoms with Gasteiger partial charge in [-0.05, 0) is 59.0 Å². The summed E-state index contributed by atoms with van der Waals surface area (Å²) in [5.41, 5.74) is -3.69. The Morgan fingerprint density at radius 1 is 1.06 bits per heavy atom. The summed E-state index contributed by atoms with van der Waals surface area (Å²) < 4.78 is 51.7. The second-order valence-corrected chi connectivity index (χ2v) is 7.66. The molecule has 2 aromatic heterocycles. The summed E-state index contributed by atoms with van der Waals surface area (Å²) in [4.78, 5) is 3.82. The number of halogens is 4. The van der Waals surface area contributed by atoms with Gasteiger partial charge in [-0.15, -0.1) is 5.10 Å². The number of fused-ring (bicyclic) bond motifs is 3. The molecule has 4 aromatic rings. The van der Waals surface area contributed by atoms with Crippen molar-refractivity contribution in [2.75, 3.05) is 0 Å². The number of rotatable bonds is 4. The minimum absolute atomic E-state index is 0.0221. The van der Waals surface area contributed by atoms with Crippen molar-refractivity contribution in [2.24, 2.45) is 0 Å². The van der Waals surface area contributed by atoms with Gasteiger partial charge >= 0.3 is 5.92 Å². The van der Waals surface area contributed by atoms with Crippen LogP contribution in [0.25, 0.3) is 11.4 Å². The molecule has 0 saturated heterocycles. The Morgan fingerprint density at radius 3 is 2.53 bits per heavy atom. The number of aromatic nitrogens is 5. The largest absolute Gasteiger partial charge is 0.456 e. The van der Waals surface area contributed by atoms with Crippen LogP contribution in [0.1, 0.15) is 11.3 Å². The molecule has 0 radical (unpaired) electrons. The van der Waals surface area contributed by atoms with Gasteiger partial charge in [-0.2, -0.15) is 8.78 Å². The molecule has 32 heavy (non-hydrogen) atoms. The van der Waals surface area contributed by atoms with Crippen LogP contribution in [0.4, 0.5) is 13.2 Å². The highest BCUT2D eigenvalue weighted by Gasteiger charge is 2.59. The number of hydrogen-bond acceptors (Lipinski definition) is 6. The van der Waals surface area contributed by atoms with Crippen molar-refractivity contribution >= 4 is 11.6 Å². The Labute approximate surface area is 184 Å². The molecule has 11 heteroatoms. The molecular formula is C21H13ClF3N5O2. The van der Waals surface area contributed by atoms with Gasteiger partial charge in [0.15, 0.2) is 11.4 Å². The maximum atomic E-state index is 15.7. The van der Waals surface area contributed by atoms with E-state index in [1.54, 1.807) is 24.3 Å². The van der Waals surface area contributed by atoms with Gasteiger partial charge in [0, 0.05) is 16.1 Å². The molecule has 162 valence electrons. The van der Waals surface area contributed by atoms with E-state index < -0.39 is 29.6 Å². The Morgan fingerprint density at radius 2 is 1.81 bits per heavy atom. The van der Waals surface area contributed by atoms with Crippen LogP contribution < -0.4 is 4.74 Å². The maximum absolute atomic E-state index is 15.7. The van der Waals surface area contributed by atoms with Crippen molar-refractivity contribution < 1.29 is 23.0 Å². The molecule has 1 N–H and O–H groups in total. The van der Waals surface area contributed by atoms with Crippen molar-refractivity contribution in [1.29, 1.82) is 0 Å². The fourth-order valence-electron chi connectivity index (χ4n) is 3.61. The van der Waals surface area contributed by atoms with Gasteiger partial charge in [0.05, 0.1) is 12.7 Å². The average Bonchev–Trinajstić information content (AvgIpc) is 3.24. The molecule has 0 amide bonds. The summed E-state index contributed by atoms with van der Waals surface area (Å²) >= 11 is 5.83. The lowest BCUT2D eigenvalue weighted by atomic mass is 9.80. The normalized spacial score (nSPS) is 17.5. The number of benzene rings is 2. The summed E-state index contributed by atoms with van der Waals surface area (Å²) in [7, 11) is 0. The topological polar surface area (TPSA) is 86.0 Å². The molecule has 1 unspecified atom stereocenters. The van der Waals surface area contributed by atoms with Gasteiger partial charge in [-0.25, -0.2) is 9.07 Å². The van der Waals surface area contributed by atoms with E-state index in [1.165, 1.54) is 6.07 Å². The molecule has 2 aromatic carbocycles. The Kier molecular flexibility index (Phi) is 4.64. The van der Waals surface area contributed by atoms with Crippen LogP contribution in [0.3, 0.4) is 0 Å². The van der Waals surface area contributed by atoms with Crippen molar-refractivity contribution in [1.82, 2.24) is 25.2 Å². The second kappa shape index (κ2) is 7.28. The second-order valence-electron chi connectivity index (χ2n) is 7.22. The lowest BCUT2D eigenvalue weighted by Gasteiger charge is -2.39. The number of tetrazole rings is 1. The first-order valence-corrected chi connectivity index (χ1v) is 9.72. The fraction of sp³-hybridized carbons (Fsp3) is 0.143. The van der Waals surface area contributed by atoms with Gasteiger partial charge in [0.2, 0.25) is 0 Å². The minimum atomic E-state index is -3.87. The number of hydrogen-bond donors (Lipinski definition) is 1. The van der Waals surface area contributed by atoms with Crippen molar-refractivity contribution in [3.05, 3.63) is 82.9 Å². The highest BCUT2D eigenvalue weighted by molar-refractivity contribution is 6.30. The number of pyridine rings is 1. The first-order valence-electron chi connectivity index (χ1n) is 9.35. The minimum Gasteiger partial charge on any atom is -0.456 e. The molecule has 0 fully saturated rings. The van der Waals surface area contributed by atoms with E-state index in [2.05, 4.69) is 20.5 Å². The quantitative estimate of drug-likeness (QED) is 0.489. The third kappa shape index (κ3) is 3.19. The number of nitrogens with zero attached hydrogens (tertiary/aromatic N) is 5. The first kappa shape index (κ1) is 20.4. The molecule has 1 aliphatic heterocycles. The fourth-order valence-corrected chi connectivity index (χ4v) is 3.74. The predicted molar refractivity (Wildman–Crippen MR) is 107 cm³/mol. The first-order chi connectivity index (χ1) is 15.3. The van der Waals surface area contributed by atoms with Crippen LogP contribution in [-0.2, 0) is 18.1 Å². The molecule has 3 heterocycles. The summed E-state index contributed by atoms with van der Waals surface area (Å²) in [6.07, 6.45) is 1.12. The number of aliphatic hydroxyl groups is 1. The van der Waals surface area contributed by atoms with Crippen molar-refractivity contribution in [2.45, 2.75) is 18.1 Å². The third-order valence-electron chi connectivity index (χ3n) is 5.21. The van der Waals surface area contributed by atoms with Crippen LogP contribution in [-0.4, -0.2) is 30.3 Å². The zero-order chi connectivity index (χ0) is 22.5. The van der Waals surface area contributed by atoms with Crippen LogP contribution in [0.5, 0.6) is 11.5 Å². The van der Waals surface area contributed by atoms with Gasteiger partial charge in [0.1, 0.15) is 23.0 Å². The van der Waals surface area contributed by atoms with Crippen LogP contribution in [0.2, 0.25) is 5.02 Å². The Balaban J connectivity index is 1.51. The highest BCUT2D eigenvalue weighted by atomic mass is 35.5. The van der Waals surface area contributed by atoms with Crippen LogP contribution in [0, 0.1) is 5.82 Å². The SMILES string of the molecule is OC1(C(F)(F)c2ccc(Oc3ccc(Cl)cc3)cn2)Cn2nnnc2-c2cc(F)ccc21. The average molecular weight is 460 g/mol. The highest BCUT2D eigenvalue weighted by Crippen LogP contribution is 2.50. The zero-order valence-corrected chi connectivity index (χ0v) is 16.8. The molecule has 1 atom stereocenters. The van der Waals surface area contributed by atoms with E-state index in [4.69, 9.17) is 16.3 Å². The van der Waals surface area contributed by atoms with Crippen LogP contribution >= 0.6 is 11.6 Å². The Bertz CT molecular complexity index is 1300. The summed E-state index contributed by atoms with van der Waals surface area (Å²) in [6.45, 7) is -0.647. The summed E-state index contributed by atoms with van der Waals surface area (Å²) in [5.74, 6) is -3.80. The summed E-state index contributed by atoms with van der Waals surface area (Å²) in [6, 6.07) is 12.0. The van der Waals surface area contributed by atoms with Crippen molar-refractivity contribution in [3.63, 3.8) is 0 Å². The number of ether oxygens (including phenoxy) is 1. The maximum Gasteiger partial charge on any atom is 0.323 e. The molecule has 1 aliphatic rings. The lowest BCUT2D eigenvalue weighted by molar-refractivity contribution is -0.207. The molecule has 5 rings (SSSR count). The van der Waals surface area contributed by atoms with E-state index in [-0.39, 0.29) is 22.7 Å². The van der Waals surface area contributed by atoms with Crippen molar-refractivity contribution in [3.8, 4) is 22.9 Å². The summed E-state index contributed by atoms with van der Waals surface area (Å²) in [5, 5.41) is 22.6. The molecule has 0 saturated carbocycles. The smallest absolute Gasteiger partial charge is 0.323 e. The van der Waals surface area contributed by atoms with Gasteiger partial charge in [-0.3, -0.25) is 4.98 Å². The molecule has 0 aliphatic carbocycles. The molecular weight excluding hydrogens is 447 g/mol. The van der Waals surface area contributed by atoms with Gasteiger partial charge in [-0.1, -0.05) is 17.7 Å². The third-order valence-corrected chi connectivity index (χ3v) is 5.46. The zero-order valence-electron chi connectivity index (χ0n) is 16.1. The van der Waals surface area contributed by atoms with Gasteiger partial charge < -0.3 is 9.84 Å². The van der Waals surface area contributed by atoms with E-state index >= 15 is 8.78 Å². The van der Waals surface area contributed by atoms with Gasteiger partial charge in [0.25, 0.3) is 0 Å².